The summed E-state index contributed by atoms with van der Waals surface area (Å²) in [6.45, 7) is 4.82. The molecule has 1 aromatic carbocycles. The van der Waals surface area contributed by atoms with Crippen LogP contribution in [-0.4, -0.2) is 47.1 Å². The molecule has 1 atom stereocenters. The molecule has 0 bridgehead atoms. The normalized spacial score (nSPS) is 15.6. The number of carbonyl (C=O) groups excluding carboxylic acids is 2. The zero-order valence-corrected chi connectivity index (χ0v) is 18.1. The van der Waals surface area contributed by atoms with Crippen LogP contribution in [0.2, 0.25) is 0 Å². The van der Waals surface area contributed by atoms with Crippen molar-refractivity contribution in [3.05, 3.63) is 40.8 Å². The number of methoxy groups -OCH3 is 1. The lowest BCUT2D eigenvalue weighted by Crippen LogP contribution is -2.40. The van der Waals surface area contributed by atoms with Crippen LogP contribution in [0, 0.1) is 0 Å². The maximum atomic E-state index is 12.4. The number of nitrogens with one attached hydrogen (secondary N) is 2. The molecule has 2 aromatic rings. The van der Waals surface area contributed by atoms with E-state index < -0.39 is 6.09 Å². The first-order valence-corrected chi connectivity index (χ1v) is 10.2. The molecule has 8 heteroatoms. The molecule has 3 rings (SSSR count). The number of halogens is 1. The highest BCUT2D eigenvalue weighted by Crippen LogP contribution is 2.31. The van der Waals surface area contributed by atoms with Gasteiger partial charge in [-0.15, -0.1) is 0 Å². The molecular formula is C20H27BrN4O3. The highest BCUT2D eigenvalue weighted by Gasteiger charge is 2.32. The Labute approximate surface area is 174 Å². The first-order valence-electron chi connectivity index (χ1n) is 9.42. The number of likely N-dealkylation sites (tertiary alicyclic amines) is 1. The number of carbonyl (C=O) groups is 2. The van der Waals surface area contributed by atoms with E-state index in [1.54, 1.807) is 11.1 Å². The highest BCUT2D eigenvalue weighted by molar-refractivity contribution is 9.10. The van der Waals surface area contributed by atoms with E-state index in [1.165, 1.54) is 13.5 Å². The number of benzene rings is 1. The standard InChI is InChI=1S/C17H19BrN4O3.C3H8/c1-25-17(24)20-10-15(23)22-8-2-3-14(22)16-19-9-13(21-16)11-4-6-12(18)7-5-11;1-3-2/h4-7,9,14H,2-3,8,10H2,1H3,(H,19,21)(H,20,24);3H2,1-2H3. The van der Waals surface area contributed by atoms with Crippen molar-refractivity contribution >= 4 is 27.9 Å². The van der Waals surface area contributed by atoms with Gasteiger partial charge in [-0.2, -0.15) is 0 Å². The lowest BCUT2D eigenvalue weighted by atomic mass is 10.2. The predicted molar refractivity (Wildman–Crippen MR) is 112 cm³/mol. The highest BCUT2D eigenvalue weighted by atomic mass is 79.9. The Bertz CT molecular complexity index is 776. The van der Waals surface area contributed by atoms with Gasteiger partial charge in [0.15, 0.2) is 0 Å². The fourth-order valence-corrected chi connectivity index (χ4v) is 3.22. The molecule has 2 amide bonds. The molecular weight excluding hydrogens is 424 g/mol. The Kier molecular flexibility index (Phi) is 8.50. The monoisotopic (exact) mass is 450 g/mol. The average Bonchev–Trinajstić information content (AvgIpc) is 3.36. The van der Waals surface area contributed by atoms with Crippen molar-refractivity contribution in [1.29, 1.82) is 0 Å². The van der Waals surface area contributed by atoms with E-state index in [9.17, 15) is 9.59 Å². The minimum atomic E-state index is -0.611. The van der Waals surface area contributed by atoms with Gasteiger partial charge in [0.2, 0.25) is 5.91 Å². The third kappa shape index (κ3) is 5.82. The second-order valence-electron chi connectivity index (χ2n) is 6.49. The van der Waals surface area contributed by atoms with E-state index in [1.807, 2.05) is 24.3 Å². The second-order valence-corrected chi connectivity index (χ2v) is 7.40. The Morgan fingerprint density at radius 2 is 2.00 bits per heavy atom. The van der Waals surface area contributed by atoms with Crippen LogP contribution < -0.4 is 5.32 Å². The molecule has 2 N–H and O–H groups in total. The van der Waals surface area contributed by atoms with Crippen LogP contribution in [0.4, 0.5) is 4.79 Å². The fraction of sp³-hybridized carbons (Fsp3) is 0.450. The summed E-state index contributed by atoms with van der Waals surface area (Å²) in [5.74, 6) is 0.622. The van der Waals surface area contributed by atoms with Crippen molar-refractivity contribution in [3.8, 4) is 11.3 Å². The summed E-state index contributed by atoms with van der Waals surface area (Å²) in [6, 6.07) is 7.84. The van der Waals surface area contributed by atoms with Crippen LogP contribution in [0.1, 0.15) is 45.0 Å². The summed E-state index contributed by atoms with van der Waals surface area (Å²) in [5, 5.41) is 2.43. The Balaban J connectivity index is 0.000000878. The van der Waals surface area contributed by atoms with Gasteiger partial charge in [-0.1, -0.05) is 48.3 Å². The predicted octanol–water partition coefficient (Wildman–Crippen LogP) is 4.28. The van der Waals surface area contributed by atoms with Crippen LogP contribution in [0.5, 0.6) is 0 Å². The lowest BCUT2D eigenvalue weighted by molar-refractivity contribution is -0.131. The number of aromatic amines is 1. The van der Waals surface area contributed by atoms with E-state index in [-0.39, 0.29) is 18.5 Å². The number of aromatic nitrogens is 2. The van der Waals surface area contributed by atoms with Crippen molar-refractivity contribution in [1.82, 2.24) is 20.2 Å². The quantitative estimate of drug-likeness (QED) is 0.727. The largest absolute Gasteiger partial charge is 0.453 e. The van der Waals surface area contributed by atoms with Crippen molar-refractivity contribution in [2.24, 2.45) is 0 Å². The van der Waals surface area contributed by atoms with Crippen LogP contribution in [0.3, 0.4) is 0 Å². The molecule has 0 aliphatic carbocycles. The van der Waals surface area contributed by atoms with Gasteiger partial charge in [-0.3, -0.25) is 4.79 Å². The molecule has 0 spiro atoms. The number of imidazole rings is 1. The smallest absolute Gasteiger partial charge is 0.407 e. The van der Waals surface area contributed by atoms with Gasteiger partial charge >= 0.3 is 6.09 Å². The lowest BCUT2D eigenvalue weighted by Gasteiger charge is -2.23. The van der Waals surface area contributed by atoms with E-state index in [2.05, 4.69) is 49.8 Å². The molecule has 7 nitrogen and oxygen atoms in total. The van der Waals surface area contributed by atoms with Gasteiger partial charge in [0.05, 0.1) is 25.0 Å². The molecule has 1 unspecified atom stereocenters. The van der Waals surface area contributed by atoms with E-state index in [4.69, 9.17) is 0 Å². The van der Waals surface area contributed by atoms with Crippen LogP contribution in [0.15, 0.2) is 34.9 Å². The summed E-state index contributed by atoms with van der Waals surface area (Å²) in [7, 11) is 1.27. The summed E-state index contributed by atoms with van der Waals surface area (Å²) < 4.78 is 5.51. The fourth-order valence-electron chi connectivity index (χ4n) is 2.95. The van der Waals surface area contributed by atoms with Crippen molar-refractivity contribution in [2.45, 2.75) is 39.2 Å². The number of ether oxygens (including phenoxy) is 1. The molecule has 1 fully saturated rings. The van der Waals surface area contributed by atoms with Crippen molar-refractivity contribution < 1.29 is 14.3 Å². The third-order valence-corrected chi connectivity index (χ3v) is 4.74. The number of rotatable bonds is 4. The molecule has 1 aromatic heterocycles. The molecule has 1 saturated heterocycles. The van der Waals surface area contributed by atoms with Gasteiger partial charge in [-0.05, 0) is 30.5 Å². The number of amides is 2. The van der Waals surface area contributed by atoms with Gasteiger partial charge in [-0.25, -0.2) is 9.78 Å². The number of hydrogen-bond donors (Lipinski definition) is 2. The molecule has 28 heavy (non-hydrogen) atoms. The Hall–Kier alpha value is -2.35. The topological polar surface area (TPSA) is 87.3 Å². The van der Waals surface area contributed by atoms with Crippen LogP contribution >= 0.6 is 15.9 Å². The van der Waals surface area contributed by atoms with Gasteiger partial charge in [0.25, 0.3) is 0 Å². The SMILES string of the molecule is CCC.COC(=O)NCC(=O)N1CCCC1c1ncc(-c2ccc(Br)cc2)[nH]1. The molecule has 152 valence electrons. The number of alkyl carbamates (subject to hydrolysis) is 1. The van der Waals surface area contributed by atoms with Crippen LogP contribution in [-0.2, 0) is 9.53 Å². The summed E-state index contributed by atoms with van der Waals surface area (Å²) in [6.07, 6.45) is 4.17. The first-order chi connectivity index (χ1) is 13.5. The van der Waals surface area contributed by atoms with E-state index >= 15 is 0 Å². The van der Waals surface area contributed by atoms with E-state index in [0.717, 1.165) is 34.4 Å². The number of hydrogen-bond acceptors (Lipinski definition) is 4. The molecule has 0 saturated carbocycles. The minimum Gasteiger partial charge on any atom is -0.453 e. The zero-order chi connectivity index (χ0) is 20.5. The maximum Gasteiger partial charge on any atom is 0.407 e. The van der Waals surface area contributed by atoms with Gasteiger partial charge in [0.1, 0.15) is 12.4 Å². The third-order valence-electron chi connectivity index (χ3n) is 4.21. The number of H-pyrrole nitrogens is 1. The van der Waals surface area contributed by atoms with Gasteiger partial charge in [0, 0.05) is 11.0 Å². The van der Waals surface area contributed by atoms with Crippen molar-refractivity contribution in [2.75, 3.05) is 20.2 Å². The van der Waals surface area contributed by atoms with Crippen LogP contribution in [0.25, 0.3) is 11.3 Å². The van der Waals surface area contributed by atoms with E-state index in [0.29, 0.717) is 6.54 Å². The molecule has 2 heterocycles. The zero-order valence-electron chi connectivity index (χ0n) is 16.5. The Morgan fingerprint density at radius 1 is 1.32 bits per heavy atom. The second kappa shape index (κ2) is 10.8. The summed E-state index contributed by atoms with van der Waals surface area (Å²) in [5.41, 5.74) is 1.94. The first kappa shape index (κ1) is 21.9. The minimum absolute atomic E-state index is 0.0799. The average molecular weight is 451 g/mol. The molecule has 0 radical (unpaired) electrons. The summed E-state index contributed by atoms with van der Waals surface area (Å²) >= 11 is 3.42. The maximum absolute atomic E-state index is 12.4. The Morgan fingerprint density at radius 3 is 2.64 bits per heavy atom. The van der Waals surface area contributed by atoms with Gasteiger partial charge < -0.3 is 19.9 Å². The summed E-state index contributed by atoms with van der Waals surface area (Å²) in [4.78, 5) is 33.1. The molecule has 1 aliphatic rings. The molecule has 1 aliphatic heterocycles. The van der Waals surface area contributed by atoms with Crippen molar-refractivity contribution in [3.63, 3.8) is 0 Å². The number of nitrogens with zero attached hydrogens (tertiary/aromatic N) is 2.